The van der Waals surface area contributed by atoms with Gasteiger partial charge in [0.15, 0.2) is 0 Å². The first-order valence-corrected chi connectivity index (χ1v) is 3.95. The molecule has 1 aromatic carbocycles. The molecule has 0 spiro atoms. The number of nitrogens with zero attached hydrogens (tertiary/aromatic N) is 1. The molecular weight excluding hydrogens is 182 g/mol. The van der Waals surface area contributed by atoms with Crippen LogP contribution in [0.4, 0.5) is 0 Å². The summed E-state index contributed by atoms with van der Waals surface area (Å²) in [5, 5.41) is 0. The van der Waals surface area contributed by atoms with E-state index in [9.17, 15) is 0 Å². The third-order valence-corrected chi connectivity index (χ3v) is 1.04. The van der Waals surface area contributed by atoms with Gasteiger partial charge in [0.05, 0.1) is 0 Å². The fraction of sp³-hybridized carbons (Fsp3) is 0.273. The third-order valence-electron chi connectivity index (χ3n) is 1.04. The average Bonchev–Trinajstić information content (AvgIpc) is 2.05. The molecule has 0 aliphatic rings. The molecule has 1 aromatic rings. The molecule has 0 bridgehead atoms. The Labute approximate surface area is 87.5 Å². The van der Waals surface area contributed by atoms with Crippen molar-refractivity contribution in [3.63, 3.8) is 0 Å². The van der Waals surface area contributed by atoms with Crippen molar-refractivity contribution in [1.29, 1.82) is 0 Å². The summed E-state index contributed by atoms with van der Waals surface area (Å²) in [4.78, 5) is 2.00. The van der Waals surface area contributed by atoms with Gasteiger partial charge < -0.3 is 4.90 Å². The largest absolute Gasteiger partial charge is 0.312 e. The molecule has 0 heterocycles. The highest BCUT2D eigenvalue weighted by molar-refractivity contribution is 5.85. The number of hydrogen-bond donors (Lipinski definition) is 0. The summed E-state index contributed by atoms with van der Waals surface area (Å²) in [6, 6.07) is 10.0. The van der Waals surface area contributed by atoms with Crippen LogP contribution in [0, 0.1) is 0 Å². The SMILES string of the molecule is C=Cc1ccccc1.CN(C)C.Cl. The minimum atomic E-state index is 0. The van der Waals surface area contributed by atoms with Crippen LogP contribution in [0.25, 0.3) is 6.08 Å². The predicted molar refractivity (Wildman–Crippen MR) is 63.4 cm³/mol. The summed E-state index contributed by atoms with van der Waals surface area (Å²) >= 11 is 0. The summed E-state index contributed by atoms with van der Waals surface area (Å²) in [5.74, 6) is 0. The maximum Gasteiger partial charge on any atom is -0.0140 e. The smallest absolute Gasteiger partial charge is 0.0140 e. The van der Waals surface area contributed by atoms with Crippen molar-refractivity contribution in [2.24, 2.45) is 0 Å². The van der Waals surface area contributed by atoms with Gasteiger partial charge in [0, 0.05) is 0 Å². The summed E-state index contributed by atoms with van der Waals surface area (Å²) in [6.45, 7) is 3.63. The van der Waals surface area contributed by atoms with E-state index in [-0.39, 0.29) is 12.4 Å². The zero-order valence-electron chi connectivity index (χ0n) is 8.53. The molecule has 0 N–H and O–H groups in total. The zero-order valence-corrected chi connectivity index (χ0v) is 9.34. The Morgan fingerprint density at radius 3 is 1.69 bits per heavy atom. The van der Waals surface area contributed by atoms with E-state index in [1.54, 1.807) is 0 Å². The lowest BCUT2D eigenvalue weighted by Gasteiger charge is -1.90. The number of halogens is 1. The van der Waals surface area contributed by atoms with Crippen LogP contribution in [0.3, 0.4) is 0 Å². The van der Waals surface area contributed by atoms with Crippen LogP contribution in [-0.4, -0.2) is 26.0 Å². The molecule has 13 heavy (non-hydrogen) atoms. The van der Waals surface area contributed by atoms with Crippen molar-refractivity contribution in [2.75, 3.05) is 21.1 Å². The second kappa shape index (κ2) is 9.30. The van der Waals surface area contributed by atoms with E-state index in [4.69, 9.17) is 0 Å². The summed E-state index contributed by atoms with van der Waals surface area (Å²) in [6.07, 6.45) is 1.83. The first-order valence-electron chi connectivity index (χ1n) is 3.95. The van der Waals surface area contributed by atoms with Crippen molar-refractivity contribution in [3.05, 3.63) is 42.5 Å². The van der Waals surface area contributed by atoms with E-state index < -0.39 is 0 Å². The minimum absolute atomic E-state index is 0. The first kappa shape index (κ1) is 14.7. The van der Waals surface area contributed by atoms with Gasteiger partial charge in [0.25, 0.3) is 0 Å². The lowest BCUT2D eigenvalue weighted by Crippen LogP contribution is -1.99. The first-order chi connectivity index (χ1) is 5.66. The Kier molecular flexibility index (Phi) is 10.5. The van der Waals surface area contributed by atoms with E-state index in [0.717, 1.165) is 0 Å². The van der Waals surface area contributed by atoms with Gasteiger partial charge in [-0.2, -0.15) is 0 Å². The molecule has 1 nitrogen and oxygen atoms in total. The van der Waals surface area contributed by atoms with Crippen LogP contribution in [0.2, 0.25) is 0 Å². The predicted octanol–water partition coefficient (Wildman–Crippen LogP) is 2.93. The highest BCUT2D eigenvalue weighted by atomic mass is 35.5. The van der Waals surface area contributed by atoms with Crippen LogP contribution in [-0.2, 0) is 0 Å². The summed E-state index contributed by atoms with van der Waals surface area (Å²) in [5.41, 5.74) is 1.17. The molecular formula is C11H18ClN. The van der Waals surface area contributed by atoms with Gasteiger partial charge in [-0.25, -0.2) is 0 Å². The molecule has 1 rings (SSSR count). The molecule has 0 aliphatic heterocycles. The maximum absolute atomic E-state index is 3.63. The average molecular weight is 200 g/mol. The molecule has 0 unspecified atom stereocenters. The van der Waals surface area contributed by atoms with E-state index in [1.165, 1.54) is 5.56 Å². The molecule has 0 aliphatic carbocycles. The van der Waals surface area contributed by atoms with E-state index in [1.807, 2.05) is 62.5 Å². The number of rotatable bonds is 1. The fourth-order valence-electron chi connectivity index (χ4n) is 0.589. The molecule has 0 amide bonds. The Bertz CT molecular complexity index is 204. The van der Waals surface area contributed by atoms with Crippen LogP contribution in [0.5, 0.6) is 0 Å². The summed E-state index contributed by atoms with van der Waals surface area (Å²) < 4.78 is 0. The molecule has 74 valence electrons. The van der Waals surface area contributed by atoms with Gasteiger partial charge in [0.1, 0.15) is 0 Å². The molecule has 0 aromatic heterocycles. The Balaban J connectivity index is 0. The van der Waals surface area contributed by atoms with Gasteiger partial charge in [-0.3, -0.25) is 0 Å². The quantitative estimate of drug-likeness (QED) is 0.673. The van der Waals surface area contributed by atoms with Crippen molar-refractivity contribution in [2.45, 2.75) is 0 Å². The van der Waals surface area contributed by atoms with Crippen molar-refractivity contribution >= 4 is 18.5 Å². The molecule has 0 saturated carbocycles. The monoisotopic (exact) mass is 199 g/mol. The lowest BCUT2D eigenvalue weighted by molar-refractivity contribution is 0.505. The number of benzene rings is 1. The van der Waals surface area contributed by atoms with E-state index >= 15 is 0 Å². The Morgan fingerprint density at radius 2 is 1.46 bits per heavy atom. The van der Waals surface area contributed by atoms with Crippen LogP contribution in [0.1, 0.15) is 5.56 Å². The third kappa shape index (κ3) is 11.2. The Hall–Kier alpha value is -0.790. The highest BCUT2D eigenvalue weighted by Gasteiger charge is 1.75. The van der Waals surface area contributed by atoms with Crippen molar-refractivity contribution < 1.29 is 0 Å². The maximum atomic E-state index is 3.63. The van der Waals surface area contributed by atoms with Crippen LogP contribution >= 0.6 is 12.4 Å². The number of hydrogen-bond acceptors (Lipinski definition) is 1. The van der Waals surface area contributed by atoms with Gasteiger partial charge >= 0.3 is 0 Å². The minimum Gasteiger partial charge on any atom is -0.312 e. The lowest BCUT2D eigenvalue weighted by atomic mass is 10.2. The van der Waals surface area contributed by atoms with Gasteiger partial charge in [-0.1, -0.05) is 43.0 Å². The molecule has 0 saturated heterocycles. The van der Waals surface area contributed by atoms with Gasteiger partial charge in [-0.05, 0) is 26.7 Å². The second-order valence-electron chi connectivity index (χ2n) is 2.96. The van der Waals surface area contributed by atoms with Crippen LogP contribution < -0.4 is 0 Å². The fourth-order valence-corrected chi connectivity index (χ4v) is 0.589. The molecule has 0 radical (unpaired) electrons. The van der Waals surface area contributed by atoms with Crippen molar-refractivity contribution in [3.8, 4) is 0 Å². The standard InChI is InChI=1S/C8H8.C3H9N.ClH/c1-2-8-6-4-3-5-7-8;1-4(2)3;/h2-7H,1H2;1-3H3;1H. The molecule has 2 heteroatoms. The topological polar surface area (TPSA) is 3.24 Å². The van der Waals surface area contributed by atoms with E-state index in [2.05, 4.69) is 6.58 Å². The van der Waals surface area contributed by atoms with Crippen LogP contribution in [0.15, 0.2) is 36.9 Å². The zero-order chi connectivity index (χ0) is 9.40. The molecule has 0 atom stereocenters. The normalized spacial score (nSPS) is 8.00. The van der Waals surface area contributed by atoms with Gasteiger partial charge in [0.2, 0.25) is 0 Å². The summed E-state index contributed by atoms with van der Waals surface area (Å²) in [7, 11) is 6.00. The van der Waals surface area contributed by atoms with Gasteiger partial charge in [-0.15, -0.1) is 12.4 Å². The second-order valence-corrected chi connectivity index (χ2v) is 2.96. The highest BCUT2D eigenvalue weighted by Crippen LogP contribution is 1.97. The van der Waals surface area contributed by atoms with E-state index in [0.29, 0.717) is 0 Å². The van der Waals surface area contributed by atoms with Crippen molar-refractivity contribution in [1.82, 2.24) is 4.90 Å². The Morgan fingerprint density at radius 1 is 1.08 bits per heavy atom. The molecule has 0 fully saturated rings.